The summed E-state index contributed by atoms with van der Waals surface area (Å²) >= 11 is 0. The van der Waals surface area contributed by atoms with E-state index in [4.69, 9.17) is 0 Å². The minimum Gasteiger partial charge on any atom is -0.347 e. The lowest BCUT2D eigenvalue weighted by Gasteiger charge is -2.32. The first-order chi connectivity index (χ1) is 15.1. The Bertz CT molecular complexity index is 1060. The predicted molar refractivity (Wildman–Crippen MR) is 132 cm³/mol. The summed E-state index contributed by atoms with van der Waals surface area (Å²) in [6.07, 6.45) is 6.93. The van der Waals surface area contributed by atoms with Crippen LogP contribution in [0.5, 0.6) is 0 Å². The highest BCUT2D eigenvalue weighted by Gasteiger charge is 2.32. The molecule has 1 aliphatic carbocycles. The van der Waals surface area contributed by atoms with E-state index in [1.165, 1.54) is 34.5 Å². The molecule has 6 heteroatoms. The van der Waals surface area contributed by atoms with Crippen molar-refractivity contribution in [3.63, 3.8) is 0 Å². The number of amides is 1. The van der Waals surface area contributed by atoms with E-state index in [9.17, 15) is 13.2 Å². The number of nitrogens with zero attached hydrogens (tertiary/aromatic N) is 1. The first kappa shape index (κ1) is 24.3. The van der Waals surface area contributed by atoms with E-state index in [0.29, 0.717) is 12.1 Å². The third kappa shape index (κ3) is 5.52. The second-order valence-corrected chi connectivity index (χ2v) is 10.9. The second-order valence-electron chi connectivity index (χ2n) is 9.03. The van der Waals surface area contributed by atoms with Gasteiger partial charge < -0.3 is 5.32 Å². The van der Waals surface area contributed by atoms with Gasteiger partial charge in [0, 0.05) is 0 Å². The monoisotopic (exact) mass is 456 g/mol. The first-order valence-corrected chi connectivity index (χ1v) is 13.5. The van der Waals surface area contributed by atoms with Gasteiger partial charge in [0.25, 0.3) is 0 Å². The van der Waals surface area contributed by atoms with Crippen molar-refractivity contribution in [1.82, 2.24) is 5.32 Å². The number of hydrogen-bond acceptors (Lipinski definition) is 3. The number of benzene rings is 2. The summed E-state index contributed by atoms with van der Waals surface area (Å²) in [6.45, 7) is 7.76. The van der Waals surface area contributed by atoms with E-state index < -0.39 is 16.1 Å². The van der Waals surface area contributed by atoms with Gasteiger partial charge in [-0.05, 0) is 92.3 Å². The largest absolute Gasteiger partial charge is 0.347 e. The summed E-state index contributed by atoms with van der Waals surface area (Å²) in [6, 6.07) is 11.2. The maximum absolute atomic E-state index is 13.4. The summed E-state index contributed by atoms with van der Waals surface area (Å²) < 4.78 is 26.9. The van der Waals surface area contributed by atoms with Gasteiger partial charge in [-0.1, -0.05) is 38.1 Å². The smallest absolute Gasteiger partial charge is 0.244 e. The van der Waals surface area contributed by atoms with Crippen molar-refractivity contribution in [1.29, 1.82) is 0 Å². The highest BCUT2D eigenvalue weighted by Crippen LogP contribution is 2.28. The van der Waals surface area contributed by atoms with Crippen molar-refractivity contribution in [3.05, 3.63) is 64.2 Å². The first-order valence-electron chi connectivity index (χ1n) is 11.6. The van der Waals surface area contributed by atoms with Gasteiger partial charge in [0.05, 0.1) is 18.0 Å². The Morgan fingerprint density at radius 1 is 0.969 bits per heavy atom. The minimum atomic E-state index is -3.65. The van der Waals surface area contributed by atoms with E-state index >= 15 is 0 Å². The molecule has 3 rings (SSSR count). The van der Waals surface area contributed by atoms with Crippen LogP contribution < -0.4 is 9.62 Å². The van der Waals surface area contributed by atoms with Crippen LogP contribution in [-0.2, 0) is 27.7 Å². The van der Waals surface area contributed by atoms with Gasteiger partial charge >= 0.3 is 0 Å². The lowest BCUT2D eigenvalue weighted by molar-refractivity contribution is -0.123. The molecule has 0 fully saturated rings. The van der Waals surface area contributed by atoms with Gasteiger partial charge in [0.2, 0.25) is 15.9 Å². The Morgan fingerprint density at radius 3 is 2.16 bits per heavy atom. The lowest BCUT2D eigenvalue weighted by atomic mass is 9.88. The number of hydrogen-bond donors (Lipinski definition) is 1. The maximum Gasteiger partial charge on any atom is 0.244 e. The summed E-state index contributed by atoms with van der Waals surface area (Å²) in [5.74, 6) is -0.262. The van der Waals surface area contributed by atoms with E-state index in [0.717, 1.165) is 36.0 Å². The van der Waals surface area contributed by atoms with E-state index in [1.807, 2.05) is 45.9 Å². The van der Waals surface area contributed by atoms with Crippen LogP contribution in [0.15, 0.2) is 36.4 Å². The molecule has 174 valence electrons. The minimum absolute atomic E-state index is 0.149. The van der Waals surface area contributed by atoms with Crippen LogP contribution in [0.1, 0.15) is 73.4 Å². The summed E-state index contributed by atoms with van der Waals surface area (Å²) in [5, 5.41) is 3.15. The molecule has 2 atom stereocenters. The van der Waals surface area contributed by atoms with Gasteiger partial charge in [-0.3, -0.25) is 9.10 Å². The highest BCUT2D eigenvalue weighted by atomic mass is 32.2. The summed E-state index contributed by atoms with van der Waals surface area (Å²) in [4.78, 5) is 13.4. The van der Waals surface area contributed by atoms with Crippen molar-refractivity contribution in [2.75, 3.05) is 10.6 Å². The lowest BCUT2D eigenvalue weighted by Crippen LogP contribution is -2.50. The number of sulfonamides is 1. The van der Waals surface area contributed by atoms with Crippen molar-refractivity contribution < 1.29 is 13.2 Å². The van der Waals surface area contributed by atoms with E-state index in [2.05, 4.69) is 23.5 Å². The fourth-order valence-electron chi connectivity index (χ4n) is 4.80. The summed E-state index contributed by atoms with van der Waals surface area (Å²) in [7, 11) is -3.65. The molecule has 0 spiro atoms. The van der Waals surface area contributed by atoms with Crippen LogP contribution in [0.2, 0.25) is 0 Å². The quantitative estimate of drug-likeness (QED) is 0.608. The van der Waals surface area contributed by atoms with Gasteiger partial charge in [-0.2, -0.15) is 0 Å². The average Bonchev–Trinajstić information content (AvgIpc) is 2.73. The van der Waals surface area contributed by atoms with Crippen molar-refractivity contribution in [2.45, 2.75) is 78.3 Å². The zero-order chi connectivity index (χ0) is 23.5. The maximum atomic E-state index is 13.4. The summed E-state index contributed by atoms with van der Waals surface area (Å²) in [5.41, 5.74) is 6.34. The molecule has 0 unspecified atom stereocenters. The van der Waals surface area contributed by atoms with Gasteiger partial charge in [0.15, 0.2) is 0 Å². The Kier molecular flexibility index (Phi) is 7.65. The Morgan fingerprint density at radius 2 is 1.59 bits per heavy atom. The van der Waals surface area contributed by atoms with Crippen LogP contribution in [0.25, 0.3) is 0 Å². The molecule has 0 saturated carbocycles. The van der Waals surface area contributed by atoms with Crippen molar-refractivity contribution in [2.24, 2.45) is 0 Å². The molecule has 0 aliphatic heterocycles. The molecule has 0 bridgehead atoms. The number of rotatable bonds is 8. The average molecular weight is 457 g/mol. The molecule has 5 nitrogen and oxygen atoms in total. The second kappa shape index (κ2) is 10.1. The van der Waals surface area contributed by atoms with Gasteiger partial charge in [-0.25, -0.2) is 8.42 Å². The third-order valence-corrected chi connectivity index (χ3v) is 7.47. The van der Waals surface area contributed by atoms with Crippen LogP contribution in [0.3, 0.4) is 0 Å². The number of fused-ring (bicyclic) bond motifs is 1. The molecule has 0 saturated heterocycles. The molecular formula is C26H36N2O3S. The zero-order valence-electron chi connectivity index (χ0n) is 19.9. The molecule has 32 heavy (non-hydrogen) atoms. The van der Waals surface area contributed by atoms with Crippen LogP contribution in [0, 0.1) is 13.8 Å². The molecule has 1 amide bonds. The molecule has 0 heterocycles. The number of carbonyl (C=O) groups excluding carboxylic acids is 1. The Labute approximate surface area is 193 Å². The number of carbonyl (C=O) groups is 1. The third-order valence-electron chi connectivity index (χ3n) is 6.29. The standard InChI is InChI=1S/C26H36N2O3S/c1-6-24(22-13-12-20-10-8-9-11-21(20)17-22)27-26(29)25(7-2)28(32(5,30)31)23-15-18(3)14-19(4)16-23/h12-17,24-25H,6-11H2,1-5H3,(H,27,29)/t24-,25+/m1/s1. The van der Waals surface area contributed by atoms with Crippen LogP contribution >= 0.6 is 0 Å². The van der Waals surface area contributed by atoms with E-state index in [-0.39, 0.29) is 11.9 Å². The molecule has 1 N–H and O–H groups in total. The normalized spacial score (nSPS) is 15.5. The molecule has 2 aromatic rings. The predicted octanol–water partition coefficient (Wildman–Crippen LogP) is 4.99. The van der Waals surface area contributed by atoms with Gasteiger partial charge in [-0.15, -0.1) is 0 Å². The highest BCUT2D eigenvalue weighted by molar-refractivity contribution is 7.92. The fraction of sp³-hybridized carbons (Fsp3) is 0.500. The molecule has 2 aromatic carbocycles. The molecular weight excluding hydrogens is 420 g/mol. The molecule has 1 aliphatic rings. The Hall–Kier alpha value is -2.34. The van der Waals surface area contributed by atoms with Crippen molar-refractivity contribution >= 4 is 21.6 Å². The topological polar surface area (TPSA) is 66.5 Å². The molecule has 0 radical (unpaired) electrons. The fourth-order valence-corrected chi connectivity index (χ4v) is 5.99. The number of nitrogens with one attached hydrogen (secondary N) is 1. The zero-order valence-corrected chi connectivity index (χ0v) is 20.8. The van der Waals surface area contributed by atoms with Gasteiger partial charge in [0.1, 0.15) is 6.04 Å². The van der Waals surface area contributed by atoms with Crippen LogP contribution in [0.4, 0.5) is 5.69 Å². The van der Waals surface area contributed by atoms with Crippen LogP contribution in [-0.4, -0.2) is 26.6 Å². The SMILES string of the molecule is CC[C@@H](NC(=O)[C@H](CC)N(c1cc(C)cc(C)c1)S(C)(=O)=O)c1ccc2c(c1)CCCC2. The number of aryl methyl sites for hydroxylation is 4. The van der Waals surface area contributed by atoms with E-state index in [1.54, 1.807) is 0 Å². The number of anilines is 1. The Balaban J connectivity index is 1.90. The molecule has 0 aromatic heterocycles. The van der Waals surface area contributed by atoms with Crippen molar-refractivity contribution in [3.8, 4) is 0 Å².